The van der Waals surface area contributed by atoms with E-state index in [9.17, 15) is 19.0 Å². The van der Waals surface area contributed by atoms with Crippen molar-refractivity contribution in [2.75, 3.05) is 40.9 Å². The van der Waals surface area contributed by atoms with E-state index in [0.717, 1.165) is 64.2 Å². The van der Waals surface area contributed by atoms with Crippen LogP contribution in [-0.4, -0.2) is 69.4 Å². The summed E-state index contributed by atoms with van der Waals surface area (Å²) in [6.07, 6.45) is 67.4. The summed E-state index contributed by atoms with van der Waals surface area (Å²) in [4.78, 5) is 40.0. The summed E-state index contributed by atoms with van der Waals surface area (Å²) in [7, 11) is 1.19. The smallest absolute Gasteiger partial charge is 0.306 e. The lowest BCUT2D eigenvalue weighted by Crippen LogP contribution is -2.47. The Morgan fingerprint density at radius 3 is 1.13 bits per heavy atom. The number of phosphoric acid groups is 1. The Bertz CT molecular complexity index is 1350. The molecule has 1 amide bonds. The standard InChI is InChI=1S/C66H129N2O7P/c1-7-10-13-16-19-22-25-27-29-30-31-32-33-34-35-36-37-38-39-40-43-46-49-52-55-58-65(69)67-63(62-74-76(71,72)73-61-60-68(4,5)6)64(57-54-51-48-45-42-24-21-18-15-12-9-3)75-66(70)59-56-53-50-47-44-41-28-26-23-20-17-14-11-8-2/h41,44,54,57,63-64H,7-40,42-43,45-53,55-56,58-62H2,1-6H3,(H-,67,69,71,72)/b44-41-,57-54-. The SMILES string of the molecule is CCCCCCCCC/C=C\CCCCCC(=O)OC(/C=C\CCCCCCCCCCC)C(COP(=O)([O-])OCC[N+](C)(C)C)NC(=O)CCCCCCCCCCCCCCCCCCCCCCCCCCC. The highest BCUT2D eigenvalue weighted by Crippen LogP contribution is 2.38. The van der Waals surface area contributed by atoms with Crippen LogP contribution >= 0.6 is 7.82 Å². The molecule has 0 aromatic carbocycles. The lowest BCUT2D eigenvalue weighted by atomic mass is 10.0. The minimum absolute atomic E-state index is 0.0209. The molecule has 0 radical (unpaired) electrons. The Balaban J connectivity index is 5.01. The summed E-state index contributed by atoms with van der Waals surface area (Å²) < 4.78 is 30.3. The van der Waals surface area contributed by atoms with Gasteiger partial charge in [-0.05, 0) is 57.4 Å². The van der Waals surface area contributed by atoms with Crippen LogP contribution < -0.4 is 10.2 Å². The Morgan fingerprint density at radius 1 is 0.447 bits per heavy atom. The third-order valence-corrected chi connectivity index (χ3v) is 16.1. The first kappa shape index (κ1) is 74.5. The molecule has 0 saturated heterocycles. The number of hydrogen-bond acceptors (Lipinski definition) is 7. The van der Waals surface area contributed by atoms with E-state index in [1.807, 2.05) is 33.3 Å². The van der Waals surface area contributed by atoms with Gasteiger partial charge in [0.15, 0.2) is 0 Å². The summed E-state index contributed by atoms with van der Waals surface area (Å²) in [5.41, 5.74) is 0. The molecule has 450 valence electrons. The highest BCUT2D eigenvalue weighted by molar-refractivity contribution is 7.45. The third kappa shape index (κ3) is 57.2. The molecule has 0 rings (SSSR count). The molecular formula is C66H129N2O7P. The first-order chi connectivity index (χ1) is 36.9. The van der Waals surface area contributed by atoms with Crippen molar-refractivity contribution >= 4 is 19.7 Å². The fraction of sp³-hybridized carbons (Fsp3) is 0.909. The number of hydrogen-bond donors (Lipinski definition) is 1. The number of esters is 1. The van der Waals surface area contributed by atoms with Gasteiger partial charge in [-0.25, -0.2) is 0 Å². The number of likely N-dealkylation sites (N-methyl/N-ethyl adjacent to an activating group) is 1. The van der Waals surface area contributed by atoms with Crippen molar-refractivity contribution in [3.8, 4) is 0 Å². The number of rotatable bonds is 61. The van der Waals surface area contributed by atoms with E-state index in [1.165, 1.54) is 231 Å². The van der Waals surface area contributed by atoms with Gasteiger partial charge in [0.05, 0.1) is 33.8 Å². The highest BCUT2D eigenvalue weighted by Gasteiger charge is 2.27. The van der Waals surface area contributed by atoms with Gasteiger partial charge in [0.2, 0.25) is 5.91 Å². The number of amides is 1. The van der Waals surface area contributed by atoms with Gasteiger partial charge in [0, 0.05) is 12.8 Å². The average molecular weight is 1090 g/mol. The Kier molecular flexibility index (Phi) is 55.6. The van der Waals surface area contributed by atoms with E-state index in [0.29, 0.717) is 23.9 Å². The predicted molar refractivity (Wildman–Crippen MR) is 326 cm³/mol. The van der Waals surface area contributed by atoms with E-state index >= 15 is 0 Å². The summed E-state index contributed by atoms with van der Waals surface area (Å²) in [5, 5.41) is 3.03. The van der Waals surface area contributed by atoms with E-state index in [2.05, 4.69) is 38.2 Å². The van der Waals surface area contributed by atoms with E-state index < -0.39 is 20.0 Å². The van der Waals surface area contributed by atoms with Crippen molar-refractivity contribution in [3.63, 3.8) is 0 Å². The van der Waals surface area contributed by atoms with Crippen molar-refractivity contribution in [2.45, 2.75) is 348 Å². The molecule has 0 aromatic rings. The molecule has 10 heteroatoms. The number of phosphoric ester groups is 1. The zero-order chi connectivity index (χ0) is 55.7. The second kappa shape index (κ2) is 56.8. The molecule has 0 bridgehead atoms. The summed E-state index contributed by atoms with van der Waals surface area (Å²) in [6, 6.07) is -0.888. The molecule has 0 aliphatic rings. The molecule has 0 aliphatic heterocycles. The van der Waals surface area contributed by atoms with E-state index in [1.54, 1.807) is 0 Å². The number of nitrogens with zero attached hydrogens (tertiary/aromatic N) is 1. The number of allylic oxidation sites excluding steroid dienone is 3. The van der Waals surface area contributed by atoms with Crippen LogP contribution in [0.4, 0.5) is 0 Å². The molecule has 3 unspecified atom stereocenters. The minimum atomic E-state index is -4.70. The number of carbonyl (C=O) groups is 2. The van der Waals surface area contributed by atoms with Crippen molar-refractivity contribution in [3.05, 3.63) is 24.3 Å². The second-order valence-electron chi connectivity index (χ2n) is 24.0. The van der Waals surface area contributed by atoms with Crippen LogP contribution in [0.1, 0.15) is 335 Å². The number of ether oxygens (including phenoxy) is 1. The van der Waals surface area contributed by atoms with Gasteiger partial charge in [0.25, 0.3) is 7.82 Å². The van der Waals surface area contributed by atoms with Crippen molar-refractivity contribution in [1.29, 1.82) is 0 Å². The fourth-order valence-corrected chi connectivity index (χ4v) is 10.7. The molecule has 0 saturated carbocycles. The zero-order valence-electron chi connectivity index (χ0n) is 51.5. The van der Waals surface area contributed by atoms with Gasteiger partial charge >= 0.3 is 5.97 Å². The lowest BCUT2D eigenvalue weighted by Gasteiger charge is -2.30. The maximum atomic E-state index is 13.5. The Morgan fingerprint density at radius 2 is 0.763 bits per heavy atom. The van der Waals surface area contributed by atoms with Crippen LogP contribution in [0, 0.1) is 0 Å². The van der Waals surface area contributed by atoms with Gasteiger partial charge in [-0.1, -0.05) is 289 Å². The van der Waals surface area contributed by atoms with Crippen molar-refractivity contribution in [1.82, 2.24) is 5.32 Å². The lowest BCUT2D eigenvalue weighted by molar-refractivity contribution is -0.870. The van der Waals surface area contributed by atoms with Crippen LogP contribution in [0.15, 0.2) is 24.3 Å². The maximum Gasteiger partial charge on any atom is 0.306 e. The van der Waals surface area contributed by atoms with Crippen LogP contribution in [0.25, 0.3) is 0 Å². The molecule has 9 nitrogen and oxygen atoms in total. The Hall–Kier alpha value is -1.51. The third-order valence-electron chi connectivity index (χ3n) is 15.1. The number of quaternary nitrogens is 1. The van der Waals surface area contributed by atoms with Gasteiger partial charge in [0.1, 0.15) is 19.3 Å². The average Bonchev–Trinajstić information content (AvgIpc) is 3.38. The molecule has 0 heterocycles. The molecular weight excluding hydrogens is 964 g/mol. The van der Waals surface area contributed by atoms with Gasteiger partial charge in [-0.15, -0.1) is 0 Å². The number of carbonyl (C=O) groups excluding carboxylic acids is 2. The van der Waals surface area contributed by atoms with Crippen molar-refractivity contribution < 1.29 is 37.3 Å². The van der Waals surface area contributed by atoms with Crippen LogP contribution in [0.2, 0.25) is 0 Å². The molecule has 3 atom stereocenters. The predicted octanol–water partition coefficient (Wildman–Crippen LogP) is 19.9. The van der Waals surface area contributed by atoms with E-state index in [-0.39, 0.29) is 31.5 Å². The van der Waals surface area contributed by atoms with Gasteiger partial charge < -0.3 is 28.5 Å². The summed E-state index contributed by atoms with van der Waals surface area (Å²) in [5.74, 6) is -0.543. The monoisotopic (exact) mass is 1090 g/mol. The summed E-state index contributed by atoms with van der Waals surface area (Å²) >= 11 is 0. The number of unbranched alkanes of at least 4 members (excludes halogenated alkanes) is 43. The number of nitrogens with one attached hydrogen (secondary N) is 1. The zero-order valence-corrected chi connectivity index (χ0v) is 52.4. The minimum Gasteiger partial charge on any atom is -0.756 e. The van der Waals surface area contributed by atoms with Crippen LogP contribution in [0.3, 0.4) is 0 Å². The molecule has 0 aliphatic carbocycles. The molecule has 0 spiro atoms. The maximum absolute atomic E-state index is 13.5. The van der Waals surface area contributed by atoms with Crippen LogP contribution in [0.5, 0.6) is 0 Å². The molecule has 0 fully saturated rings. The van der Waals surface area contributed by atoms with Gasteiger partial charge in [-0.2, -0.15) is 0 Å². The summed E-state index contributed by atoms with van der Waals surface area (Å²) in [6.45, 7) is 6.87. The van der Waals surface area contributed by atoms with Gasteiger partial charge in [-0.3, -0.25) is 14.2 Å². The second-order valence-corrected chi connectivity index (χ2v) is 25.4. The first-order valence-corrected chi connectivity index (χ1v) is 34.6. The van der Waals surface area contributed by atoms with Crippen LogP contribution in [-0.2, 0) is 27.9 Å². The molecule has 1 N–H and O–H groups in total. The van der Waals surface area contributed by atoms with E-state index in [4.69, 9.17) is 13.8 Å². The Labute approximate surface area is 473 Å². The topological polar surface area (TPSA) is 114 Å². The fourth-order valence-electron chi connectivity index (χ4n) is 9.99. The highest BCUT2D eigenvalue weighted by atomic mass is 31.2. The largest absolute Gasteiger partial charge is 0.756 e. The normalized spacial score (nSPS) is 13.7. The quantitative estimate of drug-likeness (QED) is 0.0212. The first-order valence-electron chi connectivity index (χ1n) is 33.1. The van der Waals surface area contributed by atoms with Crippen molar-refractivity contribution in [2.24, 2.45) is 0 Å². The molecule has 76 heavy (non-hydrogen) atoms. The molecule has 0 aromatic heterocycles.